The molecule has 3 N–H and O–H groups in total. The van der Waals surface area contributed by atoms with Crippen LogP contribution in [-0.2, 0) is 9.59 Å². The van der Waals surface area contributed by atoms with E-state index in [0.717, 1.165) is 0 Å². The number of benzene rings is 2. The lowest BCUT2D eigenvalue weighted by Crippen LogP contribution is -2.15. The average molecular weight is 355 g/mol. The lowest BCUT2D eigenvalue weighted by atomic mass is 10.2. The minimum atomic E-state index is -0.491. The zero-order valence-corrected chi connectivity index (χ0v) is 13.8. The SMILES string of the molecule is NC(=O)CCOc1ccccc1NC(=O)C=Cc1ccc([N+](=O)[O-])cc1. The number of non-ortho nitro benzene ring substituents is 1. The number of anilines is 1. The third kappa shape index (κ3) is 5.75. The van der Waals surface area contributed by atoms with E-state index in [1.165, 1.54) is 24.3 Å². The fraction of sp³-hybridized carbons (Fsp3) is 0.111. The normalized spacial score (nSPS) is 10.5. The molecule has 2 aromatic carbocycles. The summed E-state index contributed by atoms with van der Waals surface area (Å²) in [5, 5.41) is 13.3. The summed E-state index contributed by atoms with van der Waals surface area (Å²) in [6, 6.07) is 12.6. The summed E-state index contributed by atoms with van der Waals surface area (Å²) in [5.74, 6) is -0.447. The van der Waals surface area contributed by atoms with Gasteiger partial charge < -0.3 is 15.8 Å². The molecule has 2 amide bonds. The number of nitro benzene ring substituents is 1. The van der Waals surface area contributed by atoms with Crippen LogP contribution in [0.25, 0.3) is 6.08 Å². The van der Waals surface area contributed by atoms with Gasteiger partial charge in [-0.05, 0) is 35.9 Å². The Kier molecular flexibility index (Phi) is 6.44. The van der Waals surface area contributed by atoms with Gasteiger partial charge >= 0.3 is 0 Å². The molecule has 0 aliphatic carbocycles. The van der Waals surface area contributed by atoms with Gasteiger partial charge in [0, 0.05) is 18.2 Å². The molecular formula is C18H17N3O5. The molecular weight excluding hydrogens is 338 g/mol. The molecule has 0 radical (unpaired) electrons. The summed E-state index contributed by atoms with van der Waals surface area (Å²) in [5.41, 5.74) is 6.14. The van der Waals surface area contributed by atoms with Gasteiger partial charge in [-0.3, -0.25) is 19.7 Å². The van der Waals surface area contributed by atoms with Crippen molar-refractivity contribution in [1.29, 1.82) is 0 Å². The van der Waals surface area contributed by atoms with Gasteiger partial charge in [0.15, 0.2) is 0 Å². The molecule has 26 heavy (non-hydrogen) atoms. The van der Waals surface area contributed by atoms with E-state index in [1.807, 2.05) is 0 Å². The number of hydrogen-bond acceptors (Lipinski definition) is 5. The largest absolute Gasteiger partial charge is 0.491 e. The third-order valence-electron chi connectivity index (χ3n) is 3.28. The number of rotatable bonds is 8. The van der Waals surface area contributed by atoms with E-state index >= 15 is 0 Å². The lowest BCUT2D eigenvalue weighted by molar-refractivity contribution is -0.384. The lowest BCUT2D eigenvalue weighted by Gasteiger charge is -2.10. The van der Waals surface area contributed by atoms with Crippen LogP contribution in [0.1, 0.15) is 12.0 Å². The first kappa shape index (κ1) is 18.7. The highest BCUT2D eigenvalue weighted by Gasteiger charge is 2.07. The van der Waals surface area contributed by atoms with Crippen LogP contribution in [0.2, 0.25) is 0 Å². The summed E-state index contributed by atoms with van der Waals surface area (Å²) in [4.78, 5) is 32.9. The Bertz CT molecular complexity index is 831. The number of carbonyl (C=O) groups excluding carboxylic acids is 2. The molecule has 0 saturated carbocycles. The van der Waals surface area contributed by atoms with E-state index in [9.17, 15) is 19.7 Å². The van der Waals surface area contributed by atoms with Crippen LogP contribution in [0.3, 0.4) is 0 Å². The van der Waals surface area contributed by atoms with E-state index in [4.69, 9.17) is 10.5 Å². The molecule has 0 aliphatic rings. The Labute approximate surface area is 149 Å². The highest BCUT2D eigenvalue weighted by molar-refractivity contribution is 6.02. The van der Waals surface area contributed by atoms with Crippen molar-refractivity contribution < 1.29 is 19.2 Å². The number of primary amides is 1. The molecule has 134 valence electrons. The number of nitrogens with two attached hydrogens (primary N) is 1. The fourth-order valence-electron chi connectivity index (χ4n) is 2.01. The molecule has 2 rings (SSSR count). The number of amides is 2. The second kappa shape index (κ2) is 8.97. The van der Waals surface area contributed by atoms with Crippen molar-refractivity contribution in [3.05, 3.63) is 70.3 Å². The average Bonchev–Trinajstić information content (AvgIpc) is 2.61. The molecule has 0 bridgehead atoms. The number of para-hydroxylation sites is 2. The maximum Gasteiger partial charge on any atom is 0.269 e. The quantitative estimate of drug-likeness (QED) is 0.427. The van der Waals surface area contributed by atoms with Gasteiger partial charge in [0.2, 0.25) is 11.8 Å². The van der Waals surface area contributed by atoms with Crippen LogP contribution < -0.4 is 15.8 Å². The summed E-state index contributed by atoms with van der Waals surface area (Å²) in [6.07, 6.45) is 2.92. The van der Waals surface area contributed by atoms with E-state index in [1.54, 1.807) is 36.4 Å². The summed E-state index contributed by atoms with van der Waals surface area (Å²) in [6.45, 7) is 0.112. The van der Waals surface area contributed by atoms with Crippen molar-refractivity contribution in [1.82, 2.24) is 0 Å². The molecule has 2 aromatic rings. The Hall–Kier alpha value is -3.68. The zero-order valence-electron chi connectivity index (χ0n) is 13.8. The van der Waals surface area contributed by atoms with Crippen LogP contribution in [0.5, 0.6) is 5.75 Å². The van der Waals surface area contributed by atoms with Crippen molar-refractivity contribution in [2.24, 2.45) is 5.73 Å². The summed E-state index contributed by atoms with van der Waals surface area (Å²) < 4.78 is 5.44. The predicted molar refractivity (Wildman–Crippen MR) is 96.5 cm³/mol. The van der Waals surface area contributed by atoms with E-state index in [-0.39, 0.29) is 18.7 Å². The maximum atomic E-state index is 12.1. The van der Waals surface area contributed by atoms with Gasteiger partial charge in [-0.1, -0.05) is 12.1 Å². The Morgan fingerprint density at radius 2 is 1.85 bits per heavy atom. The Morgan fingerprint density at radius 3 is 2.50 bits per heavy atom. The van der Waals surface area contributed by atoms with Gasteiger partial charge in [-0.15, -0.1) is 0 Å². The fourth-order valence-corrected chi connectivity index (χ4v) is 2.01. The predicted octanol–water partition coefficient (Wildman–Crippen LogP) is 2.50. The first-order valence-corrected chi connectivity index (χ1v) is 7.69. The van der Waals surface area contributed by atoms with Crippen molar-refractivity contribution in [3.63, 3.8) is 0 Å². The molecule has 0 saturated heterocycles. The molecule has 0 fully saturated rings. The number of nitro groups is 1. The first-order chi connectivity index (χ1) is 12.5. The molecule has 0 heterocycles. The molecule has 0 atom stereocenters. The topological polar surface area (TPSA) is 125 Å². The van der Waals surface area contributed by atoms with E-state index in [2.05, 4.69) is 5.32 Å². The van der Waals surface area contributed by atoms with E-state index < -0.39 is 16.7 Å². The monoisotopic (exact) mass is 355 g/mol. The van der Waals surface area contributed by atoms with E-state index in [0.29, 0.717) is 17.0 Å². The number of nitrogens with zero attached hydrogens (tertiary/aromatic N) is 1. The number of hydrogen-bond donors (Lipinski definition) is 2. The molecule has 0 aromatic heterocycles. The van der Waals surface area contributed by atoms with Gasteiger partial charge in [0.05, 0.1) is 23.6 Å². The van der Waals surface area contributed by atoms with Crippen molar-refractivity contribution in [2.75, 3.05) is 11.9 Å². The molecule has 8 nitrogen and oxygen atoms in total. The van der Waals surface area contributed by atoms with Crippen LogP contribution >= 0.6 is 0 Å². The molecule has 8 heteroatoms. The van der Waals surface area contributed by atoms with Crippen molar-refractivity contribution in [2.45, 2.75) is 6.42 Å². The summed E-state index contributed by atoms with van der Waals surface area (Å²) >= 11 is 0. The van der Waals surface area contributed by atoms with Gasteiger partial charge in [0.25, 0.3) is 5.69 Å². The maximum absolute atomic E-state index is 12.1. The Morgan fingerprint density at radius 1 is 1.15 bits per heavy atom. The number of carbonyl (C=O) groups is 2. The number of ether oxygens (including phenoxy) is 1. The van der Waals surface area contributed by atoms with Crippen LogP contribution in [0.4, 0.5) is 11.4 Å². The van der Waals surface area contributed by atoms with Gasteiger partial charge in [0.1, 0.15) is 5.75 Å². The zero-order chi connectivity index (χ0) is 18.9. The molecule has 0 unspecified atom stereocenters. The van der Waals surface area contributed by atoms with Crippen LogP contribution in [-0.4, -0.2) is 23.3 Å². The molecule has 0 spiro atoms. The second-order valence-corrected chi connectivity index (χ2v) is 5.23. The summed E-state index contributed by atoms with van der Waals surface area (Å²) in [7, 11) is 0. The standard InChI is InChI=1S/C18H17N3O5/c19-17(22)11-12-26-16-4-2-1-3-15(16)20-18(23)10-7-13-5-8-14(9-6-13)21(24)25/h1-10H,11-12H2,(H2,19,22)(H,20,23). The van der Waals surface area contributed by atoms with Crippen LogP contribution in [0.15, 0.2) is 54.6 Å². The van der Waals surface area contributed by atoms with Gasteiger partial charge in [-0.25, -0.2) is 0 Å². The Balaban J connectivity index is 1.98. The minimum Gasteiger partial charge on any atom is -0.491 e. The highest BCUT2D eigenvalue weighted by Crippen LogP contribution is 2.24. The highest BCUT2D eigenvalue weighted by atomic mass is 16.6. The van der Waals surface area contributed by atoms with Gasteiger partial charge in [-0.2, -0.15) is 0 Å². The minimum absolute atomic E-state index is 0.0198. The number of nitrogens with one attached hydrogen (secondary N) is 1. The van der Waals surface area contributed by atoms with Crippen LogP contribution in [0, 0.1) is 10.1 Å². The van der Waals surface area contributed by atoms with Crippen molar-refractivity contribution in [3.8, 4) is 5.75 Å². The third-order valence-corrected chi connectivity index (χ3v) is 3.28. The molecule has 0 aliphatic heterocycles. The second-order valence-electron chi connectivity index (χ2n) is 5.23. The smallest absolute Gasteiger partial charge is 0.269 e. The first-order valence-electron chi connectivity index (χ1n) is 7.69. The van der Waals surface area contributed by atoms with Crippen molar-refractivity contribution >= 4 is 29.3 Å².